The minimum absolute atomic E-state index is 0.106. The minimum atomic E-state index is -0.106. The van der Waals surface area contributed by atoms with Crippen molar-refractivity contribution < 1.29 is 9.53 Å². The molecular weight excluding hydrogens is 384 g/mol. The first-order valence-electron chi connectivity index (χ1n) is 8.63. The molecule has 1 aliphatic heterocycles. The van der Waals surface area contributed by atoms with Crippen LogP contribution in [0.15, 0.2) is 42.5 Å². The molecule has 0 spiro atoms. The summed E-state index contributed by atoms with van der Waals surface area (Å²) in [5.74, 6) is 0.834. The molecule has 2 amide bonds. The molecule has 1 N–H and O–H groups in total. The van der Waals surface area contributed by atoms with Gasteiger partial charge in [0.25, 0.3) is 0 Å². The summed E-state index contributed by atoms with van der Waals surface area (Å²) in [5.41, 5.74) is 1.67. The minimum Gasteiger partial charge on any atom is -0.497 e. The molecule has 6 nitrogen and oxygen atoms in total. The first kappa shape index (κ1) is 17.9. The van der Waals surface area contributed by atoms with Crippen molar-refractivity contribution in [3.05, 3.63) is 47.5 Å². The lowest BCUT2D eigenvalue weighted by atomic mass is 10.3. The van der Waals surface area contributed by atoms with Gasteiger partial charge in [0.2, 0.25) is 0 Å². The second kappa shape index (κ2) is 7.62. The third-order valence-corrected chi connectivity index (χ3v) is 5.81. The third kappa shape index (κ3) is 3.94. The van der Waals surface area contributed by atoms with Crippen LogP contribution in [0.3, 0.4) is 0 Å². The van der Waals surface area contributed by atoms with Crippen LogP contribution in [-0.4, -0.2) is 49.2 Å². The Morgan fingerprint density at radius 1 is 1.19 bits per heavy atom. The number of thiazole rings is 1. The average Bonchev–Trinajstić information content (AvgIpc) is 3.11. The number of piperazine rings is 1. The predicted molar refractivity (Wildman–Crippen MR) is 110 cm³/mol. The Kier molecular flexibility index (Phi) is 5.05. The van der Waals surface area contributed by atoms with E-state index in [2.05, 4.69) is 10.2 Å². The van der Waals surface area contributed by atoms with E-state index in [1.165, 1.54) is 0 Å². The molecule has 8 heteroatoms. The number of hydrogen-bond donors (Lipinski definition) is 1. The second-order valence-corrected chi connectivity index (χ2v) is 7.69. The summed E-state index contributed by atoms with van der Waals surface area (Å²) >= 11 is 7.62. The third-order valence-electron chi connectivity index (χ3n) is 4.50. The molecule has 1 aliphatic rings. The summed E-state index contributed by atoms with van der Waals surface area (Å²) in [6, 6.07) is 13.0. The molecule has 1 fully saturated rings. The van der Waals surface area contributed by atoms with Gasteiger partial charge in [0, 0.05) is 36.9 Å². The average molecular weight is 403 g/mol. The number of anilines is 2. The molecule has 0 bridgehead atoms. The van der Waals surface area contributed by atoms with E-state index in [9.17, 15) is 4.79 Å². The fourth-order valence-electron chi connectivity index (χ4n) is 3.02. The van der Waals surface area contributed by atoms with Crippen LogP contribution in [0.1, 0.15) is 0 Å². The molecule has 0 saturated carbocycles. The summed E-state index contributed by atoms with van der Waals surface area (Å²) in [6.07, 6.45) is 0. The molecule has 27 heavy (non-hydrogen) atoms. The van der Waals surface area contributed by atoms with Gasteiger partial charge >= 0.3 is 6.03 Å². The van der Waals surface area contributed by atoms with Gasteiger partial charge < -0.3 is 19.9 Å². The maximum absolute atomic E-state index is 12.5. The quantitative estimate of drug-likeness (QED) is 0.709. The Hall–Kier alpha value is -2.51. The highest BCUT2D eigenvalue weighted by Crippen LogP contribution is 2.31. The fourth-order valence-corrected chi connectivity index (χ4v) is 4.26. The second-order valence-electron chi connectivity index (χ2n) is 6.24. The van der Waals surface area contributed by atoms with Crippen molar-refractivity contribution >= 4 is 50.0 Å². The van der Waals surface area contributed by atoms with Crippen LogP contribution in [0, 0.1) is 0 Å². The van der Waals surface area contributed by atoms with Gasteiger partial charge in [0.05, 0.1) is 17.3 Å². The van der Waals surface area contributed by atoms with E-state index >= 15 is 0 Å². The molecule has 0 unspecified atom stereocenters. The van der Waals surface area contributed by atoms with Crippen molar-refractivity contribution in [3.63, 3.8) is 0 Å². The Morgan fingerprint density at radius 2 is 2.00 bits per heavy atom. The molecule has 140 valence electrons. The van der Waals surface area contributed by atoms with E-state index in [-0.39, 0.29) is 6.03 Å². The Labute approximate surface area is 166 Å². The van der Waals surface area contributed by atoms with Gasteiger partial charge in [0.15, 0.2) is 5.13 Å². The zero-order valence-corrected chi connectivity index (χ0v) is 16.4. The van der Waals surface area contributed by atoms with Crippen molar-refractivity contribution in [2.75, 3.05) is 43.5 Å². The van der Waals surface area contributed by atoms with Gasteiger partial charge in [-0.2, -0.15) is 0 Å². The van der Waals surface area contributed by atoms with Crippen LogP contribution in [0.5, 0.6) is 5.75 Å². The van der Waals surface area contributed by atoms with Crippen LogP contribution in [0.4, 0.5) is 15.6 Å². The maximum Gasteiger partial charge on any atom is 0.321 e. The number of nitrogens with zero attached hydrogens (tertiary/aromatic N) is 3. The van der Waals surface area contributed by atoms with Crippen LogP contribution >= 0.6 is 22.9 Å². The standard InChI is InChI=1S/C19H19ClN4O2S/c1-26-15-5-6-16-17(12-15)27-19(22-16)24-9-7-23(8-10-24)18(25)21-14-4-2-3-13(20)11-14/h2-6,11-12H,7-10H2,1H3,(H,21,25). The monoisotopic (exact) mass is 402 g/mol. The zero-order chi connectivity index (χ0) is 18.8. The highest BCUT2D eigenvalue weighted by molar-refractivity contribution is 7.22. The lowest BCUT2D eigenvalue weighted by molar-refractivity contribution is 0.208. The van der Waals surface area contributed by atoms with Crippen LogP contribution in [0.2, 0.25) is 5.02 Å². The molecule has 3 aromatic rings. The number of aromatic nitrogens is 1. The maximum atomic E-state index is 12.5. The van der Waals surface area contributed by atoms with Gasteiger partial charge in [-0.15, -0.1) is 0 Å². The SMILES string of the molecule is COc1ccc2nc(N3CCN(C(=O)Nc4cccc(Cl)c4)CC3)sc2c1. The van der Waals surface area contributed by atoms with Gasteiger partial charge in [0.1, 0.15) is 5.75 Å². The number of carbonyl (C=O) groups excluding carboxylic acids is 1. The van der Waals surface area contributed by atoms with Crippen molar-refractivity contribution in [2.45, 2.75) is 0 Å². The number of carbonyl (C=O) groups is 1. The number of hydrogen-bond acceptors (Lipinski definition) is 5. The lowest BCUT2D eigenvalue weighted by Gasteiger charge is -2.34. The number of ether oxygens (including phenoxy) is 1. The van der Waals surface area contributed by atoms with E-state index in [1.54, 1.807) is 30.6 Å². The topological polar surface area (TPSA) is 57.7 Å². The molecule has 2 heterocycles. The number of benzene rings is 2. The largest absolute Gasteiger partial charge is 0.497 e. The highest BCUT2D eigenvalue weighted by atomic mass is 35.5. The highest BCUT2D eigenvalue weighted by Gasteiger charge is 2.23. The molecule has 0 radical (unpaired) electrons. The van der Waals surface area contributed by atoms with Gasteiger partial charge in [-0.25, -0.2) is 9.78 Å². The molecule has 1 aromatic heterocycles. The van der Waals surface area contributed by atoms with Crippen molar-refractivity contribution in [3.8, 4) is 5.75 Å². The number of nitrogens with one attached hydrogen (secondary N) is 1. The smallest absolute Gasteiger partial charge is 0.321 e. The van der Waals surface area contributed by atoms with E-state index in [0.717, 1.165) is 34.2 Å². The Bertz CT molecular complexity index is 969. The number of fused-ring (bicyclic) bond motifs is 1. The number of urea groups is 1. The summed E-state index contributed by atoms with van der Waals surface area (Å²) in [5, 5.41) is 4.48. The van der Waals surface area contributed by atoms with Crippen molar-refractivity contribution in [1.82, 2.24) is 9.88 Å². The molecule has 4 rings (SSSR count). The van der Waals surface area contributed by atoms with E-state index in [0.29, 0.717) is 23.8 Å². The van der Waals surface area contributed by atoms with E-state index < -0.39 is 0 Å². The van der Waals surface area contributed by atoms with E-state index in [1.807, 2.05) is 35.2 Å². The Balaban J connectivity index is 1.39. The van der Waals surface area contributed by atoms with Crippen molar-refractivity contribution in [1.29, 1.82) is 0 Å². The van der Waals surface area contributed by atoms with Crippen LogP contribution in [0.25, 0.3) is 10.2 Å². The van der Waals surface area contributed by atoms with Gasteiger partial charge in [-0.1, -0.05) is 29.0 Å². The lowest BCUT2D eigenvalue weighted by Crippen LogP contribution is -2.50. The Morgan fingerprint density at radius 3 is 2.74 bits per heavy atom. The van der Waals surface area contributed by atoms with Crippen LogP contribution in [-0.2, 0) is 0 Å². The molecule has 0 atom stereocenters. The number of methoxy groups -OCH3 is 1. The number of rotatable bonds is 3. The molecular formula is C19H19ClN4O2S. The number of amides is 2. The molecule has 1 saturated heterocycles. The molecule has 0 aliphatic carbocycles. The number of halogens is 1. The van der Waals surface area contributed by atoms with E-state index in [4.69, 9.17) is 21.3 Å². The summed E-state index contributed by atoms with van der Waals surface area (Å²) < 4.78 is 6.38. The van der Waals surface area contributed by atoms with Crippen LogP contribution < -0.4 is 15.0 Å². The summed E-state index contributed by atoms with van der Waals surface area (Å²) in [7, 11) is 1.66. The predicted octanol–water partition coefficient (Wildman–Crippen LogP) is 4.31. The normalized spacial score (nSPS) is 14.4. The van der Waals surface area contributed by atoms with Crippen molar-refractivity contribution in [2.24, 2.45) is 0 Å². The summed E-state index contributed by atoms with van der Waals surface area (Å²) in [4.78, 5) is 21.2. The zero-order valence-electron chi connectivity index (χ0n) is 14.8. The first-order chi connectivity index (χ1) is 13.1. The first-order valence-corrected chi connectivity index (χ1v) is 9.83. The van der Waals surface area contributed by atoms with Gasteiger partial charge in [-0.05, 0) is 36.4 Å². The summed E-state index contributed by atoms with van der Waals surface area (Å²) in [6.45, 7) is 2.79. The molecule has 2 aromatic carbocycles. The fraction of sp³-hybridized carbons (Fsp3) is 0.263. The van der Waals surface area contributed by atoms with Gasteiger partial charge in [-0.3, -0.25) is 0 Å².